The second kappa shape index (κ2) is 13.5. The molecule has 0 spiro atoms. The van der Waals surface area contributed by atoms with Gasteiger partial charge in [-0.25, -0.2) is 14.8 Å². The van der Waals surface area contributed by atoms with E-state index in [0.29, 0.717) is 24.5 Å². The van der Waals surface area contributed by atoms with E-state index in [-0.39, 0.29) is 17.8 Å². The number of amides is 1. The lowest BCUT2D eigenvalue weighted by Crippen LogP contribution is -2.45. The Hall–Kier alpha value is -2.76. The minimum atomic E-state index is -0.471. The first-order valence-electron chi connectivity index (χ1n) is 14.1. The third-order valence-electron chi connectivity index (χ3n) is 7.62. The van der Waals surface area contributed by atoms with Crippen molar-refractivity contribution < 1.29 is 14.3 Å². The maximum absolute atomic E-state index is 13.0. The number of hydrogen-bond acceptors (Lipinski definition) is 5. The summed E-state index contributed by atoms with van der Waals surface area (Å²) in [5, 5.41) is 0. The van der Waals surface area contributed by atoms with Crippen LogP contribution in [0.25, 0.3) is 11.4 Å². The molecule has 1 amide bonds. The molecule has 1 saturated heterocycles. The number of carbonyl (C=O) groups is 2. The molecule has 0 N–H and O–H groups in total. The van der Waals surface area contributed by atoms with E-state index < -0.39 is 6.04 Å². The number of aromatic nitrogens is 2. The molecule has 4 rings (SSSR count). The minimum Gasteiger partial charge on any atom is -0.425 e. The van der Waals surface area contributed by atoms with Gasteiger partial charge in [0.2, 0.25) is 5.91 Å². The molecule has 2 aliphatic rings. The first kappa shape index (κ1) is 26.3. The number of nitrogens with zero attached hydrogens (tertiary/aromatic N) is 3. The summed E-state index contributed by atoms with van der Waals surface area (Å²) in [5.74, 6) is 1.03. The lowest BCUT2D eigenvalue weighted by atomic mass is 9.88. The predicted octanol–water partition coefficient (Wildman–Crippen LogP) is 6.52. The molecule has 1 atom stereocenters. The molecule has 1 saturated carbocycles. The van der Waals surface area contributed by atoms with Crippen molar-refractivity contribution in [3.63, 3.8) is 0 Å². The molecular weight excluding hydrogens is 450 g/mol. The van der Waals surface area contributed by atoms with Crippen LogP contribution in [0.15, 0.2) is 36.7 Å². The van der Waals surface area contributed by atoms with Gasteiger partial charge in [-0.2, -0.15) is 0 Å². The highest BCUT2D eigenvalue weighted by atomic mass is 16.5. The summed E-state index contributed by atoms with van der Waals surface area (Å²) in [5.41, 5.74) is 2.06. The van der Waals surface area contributed by atoms with Crippen molar-refractivity contribution in [3.05, 3.63) is 42.2 Å². The zero-order valence-electron chi connectivity index (χ0n) is 21.8. The van der Waals surface area contributed by atoms with Gasteiger partial charge in [0, 0.05) is 30.4 Å². The standard InChI is InChI=1S/C30H41N3O3/c1-2-3-4-5-6-8-12-23-21-31-28(32-22-23)24-16-18-26(19-17-24)36-30(35)27-15-11-20-33(27)29(34)25-13-9-7-10-14-25/h16-19,21-22,25,27H,2-15,20H2,1H3/t27-/m0/s1. The second-order valence-corrected chi connectivity index (χ2v) is 10.4. The normalized spacial score (nSPS) is 18.4. The van der Waals surface area contributed by atoms with Crippen LogP contribution in [0.3, 0.4) is 0 Å². The quantitative estimate of drug-likeness (QED) is 0.203. The topological polar surface area (TPSA) is 72.4 Å². The van der Waals surface area contributed by atoms with E-state index in [1.807, 2.05) is 24.5 Å². The van der Waals surface area contributed by atoms with Gasteiger partial charge in [0.25, 0.3) is 0 Å². The van der Waals surface area contributed by atoms with Crippen molar-refractivity contribution in [1.29, 1.82) is 0 Å². The SMILES string of the molecule is CCCCCCCCc1cnc(-c2ccc(OC(=O)[C@@H]3CCCN3C(=O)C3CCCCC3)cc2)nc1. The lowest BCUT2D eigenvalue weighted by Gasteiger charge is -2.29. The summed E-state index contributed by atoms with van der Waals surface area (Å²) >= 11 is 0. The molecule has 1 aromatic heterocycles. The van der Waals surface area contributed by atoms with Gasteiger partial charge in [0.05, 0.1) is 0 Å². The van der Waals surface area contributed by atoms with Crippen molar-refractivity contribution >= 4 is 11.9 Å². The van der Waals surface area contributed by atoms with Crippen molar-refractivity contribution in [2.24, 2.45) is 5.92 Å². The Morgan fingerprint density at radius 2 is 1.58 bits per heavy atom. The van der Waals surface area contributed by atoms with Crippen LogP contribution in [0.4, 0.5) is 0 Å². The number of aryl methyl sites for hydroxylation is 1. The van der Waals surface area contributed by atoms with Gasteiger partial charge in [-0.05, 0) is 68.4 Å². The molecule has 2 heterocycles. The van der Waals surface area contributed by atoms with Crippen molar-refractivity contribution in [2.45, 2.75) is 103 Å². The van der Waals surface area contributed by atoms with E-state index in [2.05, 4.69) is 16.9 Å². The van der Waals surface area contributed by atoms with Gasteiger partial charge < -0.3 is 9.64 Å². The number of ether oxygens (including phenoxy) is 1. The maximum Gasteiger partial charge on any atom is 0.334 e. The zero-order valence-corrected chi connectivity index (χ0v) is 21.8. The Morgan fingerprint density at radius 1 is 0.889 bits per heavy atom. The van der Waals surface area contributed by atoms with Gasteiger partial charge >= 0.3 is 5.97 Å². The Bertz CT molecular complexity index is 968. The van der Waals surface area contributed by atoms with Crippen LogP contribution in [0, 0.1) is 5.92 Å². The van der Waals surface area contributed by atoms with Crippen LogP contribution in [0.1, 0.15) is 96.0 Å². The van der Waals surface area contributed by atoms with Gasteiger partial charge in [-0.1, -0.05) is 58.3 Å². The molecule has 2 aromatic rings. The van der Waals surface area contributed by atoms with E-state index in [0.717, 1.165) is 44.1 Å². The first-order chi connectivity index (χ1) is 17.7. The van der Waals surface area contributed by atoms with Crippen LogP contribution in [-0.2, 0) is 16.0 Å². The van der Waals surface area contributed by atoms with Gasteiger partial charge in [0.1, 0.15) is 11.8 Å². The summed E-state index contributed by atoms with van der Waals surface area (Å²) in [6.07, 6.45) is 19.4. The highest BCUT2D eigenvalue weighted by molar-refractivity contribution is 5.87. The Labute approximate surface area is 215 Å². The van der Waals surface area contributed by atoms with Gasteiger partial charge in [-0.3, -0.25) is 4.79 Å². The number of carbonyl (C=O) groups excluding carboxylic acids is 2. The predicted molar refractivity (Wildman–Crippen MR) is 141 cm³/mol. The molecule has 1 aromatic carbocycles. The van der Waals surface area contributed by atoms with E-state index in [1.165, 1.54) is 50.5 Å². The Kier molecular flexibility index (Phi) is 9.88. The van der Waals surface area contributed by atoms with Crippen molar-refractivity contribution in [1.82, 2.24) is 14.9 Å². The van der Waals surface area contributed by atoms with E-state index in [4.69, 9.17) is 4.74 Å². The average molecular weight is 492 g/mol. The largest absolute Gasteiger partial charge is 0.425 e. The number of rotatable bonds is 11. The smallest absolute Gasteiger partial charge is 0.334 e. The number of hydrogen-bond donors (Lipinski definition) is 0. The second-order valence-electron chi connectivity index (χ2n) is 10.4. The van der Waals surface area contributed by atoms with Crippen LogP contribution in [0.5, 0.6) is 5.75 Å². The maximum atomic E-state index is 13.0. The first-order valence-corrected chi connectivity index (χ1v) is 14.1. The molecular formula is C30H41N3O3. The molecule has 1 aliphatic carbocycles. The number of esters is 1. The molecule has 6 nitrogen and oxygen atoms in total. The summed E-state index contributed by atoms with van der Waals surface area (Å²) in [4.78, 5) is 36.8. The number of unbranched alkanes of at least 4 members (excludes halogenated alkanes) is 5. The highest BCUT2D eigenvalue weighted by Crippen LogP contribution is 2.29. The summed E-state index contributed by atoms with van der Waals surface area (Å²) in [6, 6.07) is 6.85. The molecule has 6 heteroatoms. The van der Waals surface area contributed by atoms with E-state index in [1.54, 1.807) is 17.0 Å². The molecule has 0 radical (unpaired) electrons. The minimum absolute atomic E-state index is 0.0728. The Morgan fingerprint density at radius 3 is 2.31 bits per heavy atom. The third-order valence-corrected chi connectivity index (χ3v) is 7.62. The summed E-state index contributed by atoms with van der Waals surface area (Å²) < 4.78 is 5.68. The molecule has 0 bridgehead atoms. The molecule has 2 fully saturated rings. The highest BCUT2D eigenvalue weighted by Gasteiger charge is 2.38. The molecule has 36 heavy (non-hydrogen) atoms. The fourth-order valence-electron chi connectivity index (χ4n) is 5.46. The van der Waals surface area contributed by atoms with Crippen LogP contribution in [-0.4, -0.2) is 39.3 Å². The Balaban J connectivity index is 1.27. The number of likely N-dealkylation sites (tertiary alicyclic amines) is 1. The molecule has 1 aliphatic heterocycles. The molecule has 194 valence electrons. The van der Waals surface area contributed by atoms with Crippen molar-refractivity contribution in [3.8, 4) is 17.1 Å². The van der Waals surface area contributed by atoms with Crippen LogP contribution >= 0.6 is 0 Å². The van der Waals surface area contributed by atoms with E-state index in [9.17, 15) is 9.59 Å². The number of benzene rings is 1. The fourth-order valence-corrected chi connectivity index (χ4v) is 5.46. The third kappa shape index (κ3) is 7.14. The van der Waals surface area contributed by atoms with Gasteiger partial charge in [0.15, 0.2) is 5.82 Å². The van der Waals surface area contributed by atoms with Crippen molar-refractivity contribution in [2.75, 3.05) is 6.54 Å². The lowest BCUT2D eigenvalue weighted by molar-refractivity contribution is -0.148. The van der Waals surface area contributed by atoms with Crippen LogP contribution in [0.2, 0.25) is 0 Å². The van der Waals surface area contributed by atoms with E-state index >= 15 is 0 Å². The fraction of sp³-hybridized carbons (Fsp3) is 0.600. The average Bonchev–Trinajstić information content (AvgIpc) is 3.42. The van der Waals surface area contributed by atoms with Crippen LogP contribution < -0.4 is 4.74 Å². The summed E-state index contributed by atoms with van der Waals surface area (Å²) in [6.45, 7) is 2.89. The zero-order chi connectivity index (χ0) is 25.2. The molecule has 0 unspecified atom stereocenters. The monoisotopic (exact) mass is 491 g/mol. The van der Waals surface area contributed by atoms with Gasteiger partial charge in [-0.15, -0.1) is 0 Å². The summed E-state index contributed by atoms with van der Waals surface area (Å²) in [7, 11) is 0.